The van der Waals surface area contributed by atoms with E-state index in [4.69, 9.17) is 15.9 Å². The maximum atomic E-state index is 5.77. The van der Waals surface area contributed by atoms with Crippen LogP contribution in [0.3, 0.4) is 0 Å². The number of nitrogen functional groups attached to an aromatic ring is 2. The first-order valence-electron chi connectivity index (χ1n) is 6.03. The predicted molar refractivity (Wildman–Crippen MR) is 81.4 cm³/mol. The molecular weight excluding hydrogens is 288 g/mol. The molecule has 4 N–H and O–H groups in total. The van der Waals surface area contributed by atoms with E-state index in [2.05, 4.69) is 19.9 Å². The molecule has 0 spiro atoms. The van der Waals surface area contributed by atoms with Gasteiger partial charge in [-0.25, -0.2) is 19.9 Å². The van der Waals surface area contributed by atoms with Gasteiger partial charge in [-0.15, -0.1) is 0 Å². The Morgan fingerprint density at radius 2 is 1.81 bits per heavy atom. The molecule has 0 aliphatic heterocycles. The Morgan fingerprint density at radius 3 is 2.48 bits per heavy atom. The summed E-state index contributed by atoms with van der Waals surface area (Å²) in [5.74, 6) is 0.863. The maximum Gasteiger partial charge on any atom is 0.187 e. The smallest absolute Gasteiger partial charge is 0.187 e. The molecule has 0 saturated carbocycles. The quantitative estimate of drug-likeness (QED) is 0.557. The Kier molecular flexibility index (Phi) is 3.44. The van der Waals surface area contributed by atoms with Crippen molar-refractivity contribution < 1.29 is 4.42 Å². The Labute approximate surface area is 124 Å². The number of aromatic nitrogens is 4. The average Bonchev–Trinajstić information content (AvgIpc) is 3.04. The molecule has 8 heteroatoms. The van der Waals surface area contributed by atoms with E-state index in [0.717, 1.165) is 0 Å². The van der Waals surface area contributed by atoms with E-state index in [0.29, 0.717) is 28.0 Å². The van der Waals surface area contributed by atoms with Crippen molar-refractivity contribution >= 4 is 23.4 Å². The van der Waals surface area contributed by atoms with Crippen LogP contribution in [0.2, 0.25) is 0 Å². The third kappa shape index (κ3) is 2.52. The van der Waals surface area contributed by atoms with Gasteiger partial charge in [-0.3, -0.25) is 0 Å². The van der Waals surface area contributed by atoms with Gasteiger partial charge in [0.05, 0.1) is 12.0 Å². The van der Waals surface area contributed by atoms with E-state index in [-0.39, 0.29) is 11.6 Å². The van der Waals surface area contributed by atoms with Crippen LogP contribution >= 0.6 is 11.8 Å². The zero-order valence-corrected chi connectivity index (χ0v) is 12.0. The fraction of sp³-hybridized carbons (Fsp3) is 0.0769. The van der Waals surface area contributed by atoms with E-state index in [1.54, 1.807) is 30.7 Å². The van der Waals surface area contributed by atoms with E-state index in [1.807, 2.05) is 6.26 Å². The summed E-state index contributed by atoms with van der Waals surface area (Å²) in [5.41, 5.74) is 13.1. The average molecular weight is 300 g/mol. The van der Waals surface area contributed by atoms with Crippen LogP contribution < -0.4 is 11.5 Å². The molecule has 0 atom stereocenters. The second-order valence-corrected chi connectivity index (χ2v) is 4.87. The Balaban J connectivity index is 2.23. The molecule has 0 aliphatic carbocycles. The molecule has 0 bridgehead atoms. The number of thioether (sulfide) groups is 1. The molecule has 0 aliphatic rings. The minimum absolute atomic E-state index is 0.157. The third-order valence-electron chi connectivity index (χ3n) is 2.76. The van der Waals surface area contributed by atoms with E-state index in [9.17, 15) is 0 Å². The van der Waals surface area contributed by atoms with Crippen molar-refractivity contribution in [1.82, 2.24) is 19.9 Å². The van der Waals surface area contributed by atoms with Gasteiger partial charge >= 0.3 is 0 Å². The van der Waals surface area contributed by atoms with E-state index in [1.165, 1.54) is 11.8 Å². The summed E-state index contributed by atoms with van der Waals surface area (Å²) in [7, 11) is 0. The lowest BCUT2D eigenvalue weighted by Gasteiger charge is -2.08. The topological polar surface area (TPSA) is 117 Å². The van der Waals surface area contributed by atoms with Gasteiger partial charge in [0.1, 0.15) is 11.4 Å². The predicted octanol–water partition coefficient (Wildman–Crippen LogP) is 2.08. The van der Waals surface area contributed by atoms with Crippen molar-refractivity contribution in [2.24, 2.45) is 0 Å². The zero-order chi connectivity index (χ0) is 14.8. The van der Waals surface area contributed by atoms with Gasteiger partial charge in [-0.1, -0.05) is 11.8 Å². The fourth-order valence-corrected chi connectivity index (χ4v) is 2.15. The summed E-state index contributed by atoms with van der Waals surface area (Å²) in [5, 5.41) is 0.634. The molecule has 3 rings (SSSR count). The molecular formula is C13H12N6OS. The molecule has 3 aromatic rings. The highest BCUT2D eigenvalue weighted by molar-refractivity contribution is 7.98. The number of nitrogens with zero attached hydrogens (tertiary/aromatic N) is 4. The second-order valence-electron chi connectivity index (χ2n) is 4.10. The summed E-state index contributed by atoms with van der Waals surface area (Å²) in [6.45, 7) is 0. The second kappa shape index (κ2) is 5.41. The number of hydrogen-bond donors (Lipinski definition) is 2. The molecule has 0 unspecified atom stereocenters. The van der Waals surface area contributed by atoms with Gasteiger partial charge in [0, 0.05) is 6.20 Å². The standard InChI is InChI=1S/C13H12N6OS/c1-21-13-16-5-4-7(17-13)9-10(8-3-2-6-20-8)19-12(15)11(14)18-9/h2-6H,1H3,(H2,14,18)(H2,15,19). The summed E-state index contributed by atoms with van der Waals surface area (Å²) >= 11 is 1.44. The van der Waals surface area contributed by atoms with Crippen LogP contribution in [0.25, 0.3) is 22.8 Å². The normalized spacial score (nSPS) is 10.7. The summed E-state index contributed by atoms with van der Waals surface area (Å²) in [6, 6.07) is 5.28. The van der Waals surface area contributed by atoms with Crippen molar-refractivity contribution in [3.05, 3.63) is 30.7 Å². The van der Waals surface area contributed by atoms with Crippen LogP contribution in [0.4, 0.5) is 11.6 Å². The minimum Gasteiger partial charge on any atom is -0.463 e. The van der Waals surface area contributed by atoms with Gasteiger partial charge in [0.15, 0.2) is 22.6 Å². The first-order valence-corrected chi connectivity index (χ1v) is 7.26. The number of hydrogen-bond acceptors (Lipinski definition) is 8. The van der Waals surface area contributed by atoms with Gasteiger partial charge in [0.25, 0.3) is 0 Å². The van der Waals surface area contributed by atoms with Crippen LogP contribution in [0, 0.1) is 0 Å². The first kappa shape index (κ1) is 13.4. The molecule has 21 heavy (non-hydrogen) atoms. The molecule has 3 aromatic heterocycles. The maximum absolute atomic E-state index is 5.77. The summed E-state index contributed by atoms with van der Waals surface area (Å²) in [4.78, 5) is 17.1. The molecule has 0 aromatic carbocycles. The molecule has 7 nitrogen and oxygen atoms in total. The number of anilines is 2. The van der Waals surface area contributed by atoms with Crippen molar-refractivity contribution in [2.75, 3.05) is 17.7 Å². The lowest BCUT2D eigenvalue weighted by molar-refractivity contribution is 0.580. The highest BCUT2D eigenvalue weighted by Crippen LogP contribution is 2.31. The highest BCUT2D eigenvalue weighted by atomic mass is 32.2. The van der Waals surface area contributed by atoms with Gasteiger partial charge in [0.2, 0.25) is 0 Å². The van der Waals surface area contributed by atoms with E-state index < -0.39 is 0 Å². The first-order chi connectivity index (χ1) is 10.2. The zero-order valence-electron chi connectivity index (χ0n) is 11.1. The van der Waals surface area contributed by atoms with Crippen LogP contribution in [0.1, 0.15) is 0 Å². The summed E-state index contributed by atoms with van der Waals surface area (Å²) < 4.78 is 5.39. The third-order valence-corrected chi connectivity index (χ3v) is 3.33. The van der Waals surface area contributed by atoms with Crippen molar-refractivity contribution in [3.63, 3.8) is 0 Å². The SMILES string of the molecule is CSc1nccc(-c2nc(N)c(N)nc2-c2ccco2)n1. The van der Waals surface area contributed by atoms with Crippen molar-refractivity contribution in [2.45, 2.75) is 5.16 Å². The molecule has 0 fully saturated rings. The van der Waals surface area contributed by atoms with Crippen LogP contribution in [-0.2, 0) is 0 Å². The van der Waals surface area contributed by atoms with Gasteiger partial charge < -0.3 is 15.9 Å². The Morgan fingerprint density at radius 1 is 1.05 bits per heavy atom. The van der Waals surface area contributed by atoms with Gasteiger partial charge in [-0.05, 0) is 24.5 Å². The highest BCUT2D eigenvalue weighted by Gasteiger charge is 2.17. The Bertz CT molecular complexity index is 774. The lowest BCUT2D eigenvalue weighted by Crippen LogP contribution is -2.05. The van der Waals surface area contributed by atoms with Gasteiger partial charge in [-0.2, -0.15) is 0 Å². The number of furan rings is 1. The molecule has 0 saturated heterocycles. The minimum atomic E-state index is 0.157. The number of nitrogens with two attached hydrogens (primary N) is 2. The van der Waals surface area contributed by atoms with E-state index >= 15 is 0 Å². The van der Waals surface area contributed by atoms with Crippen molar-refractivity contribution in [3.8, 4) is 22.8 Å². The van der Waals surface area contributed by atoms with Crippen molar-refractivity contribution in [1.29, 1.82) is 0 Å². The van der Waals surface area contributed by atoms with Crippen LogP contribution in [-0.4, -0.2) is 26.2 Å². The summed E-state index contributed by atoms with van der Waals surface area (Å²) in [6.07, 6.45) is 5.12. The largest absolute Gasteiger partial charge is 0.463 e. The fourth-order valence-electron chi connectivity index (χ4n) is 1.80. The number of rotatable bonds is 3. The molecule has 0 radical (unpaired) electrons. The molecule has 0 amide bonds. The monoisotopic (exact) mass is 300 g/mol. The van der Waals surface area contributed by atoms with Crippen LogP contribution in [0.5, 0.6) is 0 Å². The lowest BCUT2D eigenvalue weighted by atomic mass is 10.2. The molecule has 106 valence electrons. The Hall–Kier alpha value is -2.61. The van der Waals surface area contributed by atoms with Crippen LogP contribution in [0.15, 0.2) is 40.2 Å². The molecule has 3 heterocycles.